The van der Waals surface area contributed by atoms with Gasteiger partial charge < -0.3 is 20.5 Å². The Morgan fingerprint density at radius 1 is 1.03 bits per heavy atom. The summed E-state index contributed by atoms with van der Waals surface area (Å²) in [6, 6.07) is 15.4. The number of rotatable bonds is 10. The van der Waals surface area contributed by atoms with Crippen LogP contribution in [0.25, 0.3) is 11.1 Å². The number of amides is 2. The molecule has 0 aliphatic heterocycles. The lowest BCUT2D eigenvalue weighted by atomic mass is 9.89. The first kappa shape index (κ1) is 25.3. The minimum atomic E-state index is -0.945. The van der Waals surface area contributed by atoms with E-state index in [4.69, 9.17) is 4.74 Å². The maximum Gasteiger partial charge on any atom is 0.407 e. The highest BCUT2D eigenvalue weighted by Crippen LogP contribution is 2.44. The summed E-state index contributed by atoms with van der Waals surface area (Å²) in [7, 11) is 0. The summed E-state index contributed by atoms with van der Waals surface area (Å²) in [5, 5.41) is 14.7. The third-order valence-electron chi connectivity index (χ3n) is 6.74. The van der Waals surface area contributed by atoms with Gasteiger partial charge in [0, 0.05) is 12.5 Å². The summed E-state index contributed by atoms with van der Waals surface area (Å²) < 4.78 is 5.60. The lowest BCUT2D eigenvalue weighted by molar-refractivity contribution is -0.147. The molecule has 34 heavy (non-hydrogen) atoms. The normalized spacial score (nSPS) is 14.5. The Bertz CT molecular complexity index is 1000. The maximum absolute atomic E-state index is 12.8. The van der Waals surface area contributed by atoms with Gasteiger partial charge in [-0.15, -0.1) is 0 Å². The Labute approximate surface area is 200 Å². The molecule has 2 aromatic rings. The number of carboxylic acids is 1. The minimum absolute atomic E-state index is 0.0627. The van der Waals surface area contributed by atoms with Crippen LogP contribution in [0.2, 0.25) is 0 Å². The van der Waals surface area contributed by atoms with Gasteiger partial charge in [-0.1, -0.05) is 68.8 Å². The molecular formula is C27H34N2O5. The van der Waals surface area contributed by atoms with E-state index in [9.17, 15) is 19.5 Å². The fourth-order valence-corrected chi connectivity index (χ4v) is 4.18. The van der Waals surface area contributed by atoms with Gasteiger partial charge in [0.05, 0.1) is 5.41 Å². The number of benzene rings is 2. The van der Waals surface area contributed by atoms with E-state index in [1.54, 1.807) is 13.8 Å². The fourth-order valence-electron chi connectivity index (χ4n) is 4.18. The highest BCUT2D eigenvalue weighted by Gasteiger charge is 2.31. The van der Waals surface area contributed by atoms with Crippen LogP contribution in [0.4, 0.5) is 4.79 Å². The van der Waals surface area contributed by atoms with Crippen molar-refractivity contribution in [3.63, 3.8) is 0 Å². The lowest BCUT2D eigenvalue weighted by Crippen LogP contribution is -2.51. The smallest absolute Gasteiger partial charge is 0.407 e. The van der Waals surface area contributed by atoms with Crippen LogP contribution in [-0.4, -0.2) is 42.3 Å². The summed E-state index contributed by atoms with van der Waals surface area (Å²) in [5.41, 5.74) is 3.59. The standard InChI is InChI=1S/C27H34N2O5/c1-5-17(2)23(24(30)28-15-14-27(3,4)25(31)32)29-26(33)34-16-22-20-12-8-6-10-18(20)19-11-7-9-13-21(19)22/h6-13,17,22-23H,5,14-16H2,1-4H3,(H,28,30)(H,29,33)(H,31,32)/t17?,23-/m0/s1. The summed E-state index contributed by atoms with van der Waals surface area (Å²) in [6.45, 7) is 7.43. The third-order valence-corrected chi connectivity index (χ3v) is 6.74. The third kappa shape index (κ3) is 5.58. The molecule has 1 aliphatic carbocycles. The number of alkyl carbamates (subject to hydrolysis) is 1. The minimum Gasteiger partial charge on any atom is -0.481 e. The number of carbonyl (C=O) groups excluding carboxylic acids is 2. The van der Waals surface area contributed by atoms with Crippen molar-refractivity contribution in [3.8, 4) is 11.1 Å². The number of nitrogens with one attached hydrogen (secondary N) is 2. The SMILES string of the molecule is CCC(C)[C@H](NC(=O)OCC1c2ccccc2-c2ccccc21)C(=O)NCCC(C)(C)C(=O)O. The average Bonchev–Trinajstić information content (AvgIpc) is 3.14. The molecule has 2 atom stereocenters. The van der Waals surface area contributed by atoms with Crippen molar-refractivity contribution in [2.45, 2.75) is 52.5 Å². The van der Waals surface area contributed by atoms with Gasteiger partial charge in [0.25, 0.3) is 0 Å². The van der Waals surface area contributed by atoms with E-state index >= 15 is 0 Å². The number of hydrogen-bond acceptors (Lipinski definition) is 4. The number of hydrogen-bond donors (Lipinski definition) is 3. The monoisotopic (exact) mass is 466 g/mol. The molecule has 7 heteroatoms. The first-order valence-corrected chi connectivity index (χ1v) is 11.8. The van der Waals surface area contributed by atoms with Crippen LogP contribution in [0.1, 0.15) is 57.6 Å². The lowest BCUT2D eigenvalue weighted by Gasteiger charge is -2.25. The van der Waals surface area contributed by atoms with Gasteiger partial charge in [-0.3, -0.25) is 9.59 Å². The van der Waals surface area contributed by atoms with E-state index in [1.807, 2.05) is 38.1 Å². The van der Waals surface area contributed by atoms with E-state index in [0.717, 1.165) is 22.3 Å². The van der Waals surface area contributed by atoms with Gasteiger partial charge in [-0.25, -0.2) is 4.79 Å². The molecule has 3 rings (SSSR count). The molecule has 0 spiro atoms. The molecule has 0 heterocycles. The topological polar surface area (TPSA) is 105 Å². The second kappa shape index (κ2) is 10.7. The molecule has 7 nitrogen and oxygen atoms in total. The molecule has 2 aromatic carbocycles. The van der Waals surface area contributed by atoms with E-state index in [2.05, 4.69) is 34.9 Å². The quantitative estimate of drug-likeness (QED) is 0.476. The molecule has 0 fully saturated rings. The largest absolute Gasteiger partial charge is 0.481 e. The summed E-state index contributed by atoms with van der Waals surface area (Å²) in [4.78, 5) is 36.8. The van der Waals surface area contributed by atoms with Crippen LogP contribution in [0.5, 0.6) is 0 Å². The number of carbonyl (C=O) groups is 3. The van der Waals surface area contributed by atoms with Gasteiger partial charge in [0.15, 0.2) is 0 Å². The van der Waals surface area contributed by atoms with Crippen LogP contribution in [0.15, 0.2) is 48.5 Å². The second-order valence-corrected chi connectivity index (χ2v) is 9.56. The highest BCUT2D eigenvalue weighted by molar-refractivity contribution is 5.86. The van der Waals surface area contributed by atoms with E-state index in [0.29, 0.717) is 6.42 Å². The van der Waals surface area contributed by atoms with Gasteiger partial charge in [-0.05, 0) is 48.4 Å². The molecule has 1 aliphatic rings. The molecule has 0 bridgehead atoms. The number of fused-ring (bicyclic) bond motifs is 3. The van der Waals surface area contributed by atoms with Crippen LogP contribution < -0.4 is 10.6 Å². The van der Waals surface area contributed by atoms with Crippen LogP contribution in [0.3, 0.4) is 0 Å². The molecular weight excluding hydrogens is 432 g/mol. The number of carboxylic acid groups (broad SMARTS) is 1. The van der Waals surface area contributed by atoms with Crippen molar-refractivity contribution >= 4 is 18.0 Å². The zero-order valence-corrected chi connectivity index (χ0v) is 20.3. The predicted octanol–water partition coefficient (Wildman–Crippen LogP) is 4.56. The van der Waals surface area contributed by atoms with E-state index in [1.165, 1.54) is 0 Å². The maximum atomic E-state index is 12.8. The van der Waals surface area contributed by atoms with Crippen molar-refractivity contribution in [3.05, 3.63) is 59.7 Å². The highest BCUT2D eigenvalue weighted by atomic mass is 16.5. The van der Waals surface area contributed by atoms with Crippen molar-refractivity contribution in [1.82, 2.24) is 10.6 Å². The van der Waals surface area contributed by atoms with Crippen molar-refractivity contribution in [2.75, 3.05) is 13.2 Å². The molecule has 0 aromatic heterocycles. The summed E-state index contributed by atoms with van der Waals surface area (Å²) in [5.74, 6) is -1.44. The van der Waals surface area contributed by atoms with E-state index < -0.39 is 23.5 Å². The first-order chi connectivity index (χ1) is 16.2. The zero-order valence-electron chi connectivity index (χ0n) is 20.3. The predicted molar refractivity (Wildman–Crippen MR) is 130 cm³/mol. The van der Waals surface area contributed by atoms with Gasteiger partial charge in [0.1, 0.15) is 12.6 Å². The van der Waals surface area contributed by atoms with Crippen LogP contribution >= 0.6 is 0 Å². The summed E-state index contributed by atoms with van der Waals surface area (Å²) >= 11 is 0. The Hall–Kier alpha value is -3.35. The van der Waals surface area contributed by atoms with Crippen LogP contribution in [-0.2, 0) is 14.3 Å². The molecule has 182 valence electrons. The zero-order chi connectivity index (χ0) is 24.9. The summed E-state index contributed by atoms with van der Waals surface area (Å²) in [6.07, 6.45) is 0.322. The molecule has 0 saturated carbocycles. The molecule has 2 amide bonds. The number of aliphatic carboxylic acids is 1. The van der Waals surface area contributed by atoms with Gasteiger partial charge in [-0.2, -0.15) is 0 Å². The van der Waals surface area contributed by atoms with E-state index in [-0.39, 0.29) is 37.3 Å². The van der Waals surface area contributed by atoms with Crippen molar-refractivity contribution < 1.29 is 24.2 Å². The molecule has 0 saturated heterocycles. The average molecular weight is 467 g/mol. The Kier molecular flexibility index (Phi) is 7.97. The Morgan fingerprint density at radius 3 is 2.12 bits per heavy atom. The first-order valence-electron chi connectivity index (χ1n) is 11.8. The number of ether oxygens (including phenoxy) is 1. The molecule has 3 N–H and O–H groups in total. The fraction of sp³-hybridized carbons (Fsp3) is 0.444. The van der Waals surface area contributed by atoms with Crippen molar-refractivity contribution in [2.24, 2.45) is 11.3 Å². The van der Waals surface area contributed by atoms with Gasteiger partial charge in [0.2, 0.25) is 5.91 Å². The molecule has 0 radical (unpaired) electrons. The Morgan fingerprint density at radius 2 is 1.59 bits per heavy atom. The van der Waals surface area contributed by atoms with Crippen LogP contribution in [0, 0.1) is 11.3 Å². The molecule has 1 unspecified atom stereocenters. The Balaban J connectivity index is 1.61. The second-order valence-electron chi connectivity index (χ2n) is 9.56. The van der Waals surface area contributed by atoms with Gasteiger partial charge >= 0.3 is 12.1 Å². The van der Waals surface area contributed by atoms with Crippen molar-refractivity contribution in [1.29, 1.82) is 0 Å².